The Morgan fingerprint density at radius 1 is 1.08 bits per heavy atom. The molecular formula is C20H21N3O2. The molecule has 0 fully saturated rings. The molecule has 5 nitrogen and oxygen atoms in total. The van der Waals surface area contributed by atoms with Crippen molar-refractivity contribution in [3.63, 3.8) is 0 Å². The Morgan fingerprint density at radius 3 is 2.48 bits per heavy atom. The Hall–Kier alpha value is -2.92. The Balaban J connectivity index is 1.96. The largest absolute Gasteiger partial charge is 0.344 e. The van der Waals surface area contributed by atoms with Gasteiger partial charge in [0, 0.05) is 23.5 Å². The third-order valence-electron chi connectivity index (χ3n) is 4.05. The first-order valence-corrected chi connectivity index (χ1v) is 8.17. The van der Waals surface area contributed by atoms with Gasteiger partial charge in [-0.2, -0.15) is 0 Å². The summed E-state index contributed by atoms with van der Waals surface area (Å²) in [4.78, 5) is 29.6. The Bertz CT molecular complexity index is 932. The van der Waals surface area contributed by atoms with Crippen molar-refractivity contribution in [1.82, 2.24) is 15.2 Å². The number of carbonyl (C=O) groups is 1. The first kappa shape index (κ1) is 16.9. The lowest BCUT2D eigenvalue weighted by molar-refractivity contribution is 0.0931. The lowest BCUT2D eigenvalue weighted by Crippen LogP contribution is -2.35. The number of nitrogens with one attached hydrogen (secondary N) is 2. The molecule has 0 bridgehead atoms. The lowest BCUT2D eigenvalue weighted by Gasteiger charge is -2.23. The monoisotopic (exact) mass is 335 g/mol. The highest BCUT2D eigenvalue weighted by molar-refractivity contribution is 6.06. The second-order valence-corrected chi connectivity index (χ2v) is 6.29. The molecule has 1 aromatic heterocycles. The van der Waals surface area contributed by atoms with Gasteiger partial charge in [0.15, 0.2) is 0 Å². The van der Waals surface area contributed by atoms with Crippen LogP contribution in [0.25, 0.3) is 10.9 Å². The second kappa shape index (κ2) is 7.32. The number of rotatable bonds is 5. The van der Waals surface area contributed by atoms with Gasteiger partial charge in [0.05, 0.1) is 11.6 Å². The molecule has 2 N–H and O–H groups in total. The Labute approximate surface area is 146 Å². The van der Waals surface area contributed by atoms with Crippen molar-refractivity contribution >= 4 is 16.8 Å². The normalized spacial score (nSPS) is 12.3. The summed E-state index contributed by atoms with van der Waals surface area (Å²) in [5.41, 5.74) is 1.79. The number of benzene rings is 2. The number of carbonyl (C=O) groups excluding carboxylic acids is 1. The summed E-state index contributed by atoms with van der Waals surface area (Å²) in [5, 5.41) is 3.80. The van der Waals surface area contributed by atoms with Gasteiger partial charge in [-0.05, 0) is 25.7 Å². The highest BCUT2D eigenvalue weighted by atomic mass is 16.2. The van der Waals surface area contributed by atoms with Crippen LogP contribution >= 0.6 is 0 Å². The maximum atomic E-state index is 12.9. The number of amides is 1. The summed E-state index contributed by atoms with van der Waals surface area (Å²) in [5.74, 6) is -0.252. The molecule has 0 spiro atoms. The molecule has 5 heteroatoms. The topological polar surface area (TPSA) is 65.2 Å². The van der Waals surface area contributed by atoms with E-state index in [9.17, 15) is 9.59 Å². The predicted molar refractivity (Wildman–Crippen MR) is 99.8 cm³/mol. The number of likely N-dealkylation sites (N-methyl/N-ethyl adjacent to an activating group) is 1. The zero-order valence-electron chi connectivity index (χ0n) is 14.3. The molecule has 1 heterocycles. The number of para-hydroxylation sites is 1. The second-order valence-electron chi connectivity index (χ2n) is 6.29. The van der Waals surface area contributed by atoms with E-state index in [1.165, 1.54) is 6.07 Å². The van der Waals surface area contributed by atoms with Crippen molar-refractivity contribution in [2.75, 3.05) is 20.6 Å². The van der Waals surface area contributed by atoms with Crippen LogP contribution in [0.4, 0.5) is 0 Å². The van der Waals surface area contributed by atoms with Crippen LogP contribution in [-0.2, 0) is 0 Å². The number of hydrogen-bond acceptors (Lipinski definition) is 3. The number of nitrogens with zero attached hydrogens (tertiary/aromatic N) is 1. The van der Waals surface area contributed by atoms with Crippen LogP contribution < -0.4 is 10.9 Å². The van der Waals surface area contributed by atoms with Gasteiger partial charge in [-0.15, -0.1) is 0 Å². The summed E-state index contributed by atoms with van der Waals surface area (Å²) >= 11 is 0. The number of aromatic amines is 1. The van der Waals surface area contributed by atoms with Crippen LogP contribution in [0.2, 0.25) is 0 Å². The van der Waals surface area contributed by atoms with Gasteiger partial charge in [-0.1, -0.05) is 48.5 Å². The van der Waals surface area contributed by atoms with Gasteiger partial charge < -0.3 is 15.2 Å². The Kier molecular flexibility index (Phi) is 4.95. The van der Waals surface area contributed by atoms with Gasteiger partial charge in [-0.25, -0.2) is 0 Å². The minimum Gasteiger partial charge on any atom is -0.344 e. The van der Waals surface area contributed by atoms with Crippen molar-refractivity contribution < 1.29 is 4.79 Å². The molecule has 2 aromatic carbocycles. The molecule has 128 valence electrons. The van der Waals surface area contributed by atoms with E-state index in [-0.39, 0.29) is 17.5 Å². The molecule has 0 aliphatic carbocycles. The van der Waals surface area contributed by atoms with E-state index in [2.05, 4.69) is 10.3 Å². The van der Waals surface area contributed by atoms with Crippen LogP contribution in [0, 0.1) is 0 Å². The molecule has 0 radical (unpaired) electrons. The number of pyridine rings is 1. The van der Waals surface area contributed by atoms with Gasteiger partial charge in [0.25, 0.3) is 5.91 Å². The number of H-pyrrole nitrogens is 1. The van der Waals surface area contributed by atoms with E-state index in [4.69, 9.17) is 0 Å². The highest BCUT2D eigenvalue weighted by Gasteiger charge is 2.18. The first-order chi connectivity index (χ1) is 12.0. The van der Waals surface area contributed by atoms with Crippen LogP contribution in [-0.4, -0.2) is 36.4 Å². The number of hydrogen-bond donors (Lipinski definition) is 2. The predicted octanol–water partition coefficient (Wildman–Crippen LogP) is 2.56. The molecule has 1 unspecified atom stereocenters. The average Bonchev–Trinajstić information content (AvgIpc) is 2.60. The fourth-order valence-electron chi connectivity index (χ4n) is 2.91. The number of aromatic nitrogens is 1. The average molecular weight is 335 g/mol. The third-order valence-corrected chi connectivity index (χ3v) is 4.05. The molecule has 25 heavy (non-hydrogen) atoms. The number of fused-ring (bicyclic) bond motifs is 1. The maximum Gasteiger partial charge on any atom is 0.252 e. The molecule has 3 rings (SSSR count). The molecule has 0 aliphatic heterocycles. The summed E-state index contributed by atoms with van der Waals surface area (Å²) < 4.78 is 0. The van der Waals surface area contributed by atoms with Crippen molar-refractivity contribution in [3.8, 4) is 0 Å². The van der Waals surface area contributed by atoms with Crippen LogP contribution in [0.5, 0.6) is 0 Å². The van der Waals surface area contributed by atoms with E-state index in [1.54, 1.807) is 6.07 Å². The minimum absolute atomic E-state index is 0.165. The van der Waals surface area contributed by atoms with E-state index >= 15 is 0 Å². The SMILES string of the molecule is CN(C)CC(NC(=O)c1cc(=O)[nH]c2ccccc12)c1ccccc1. The zero-order valence-corrected chi connectivity index (χ0v) is 14.3. The van der Waals surface area contributed by atoms with Gasteiger partial charge in [0.1, 0.15) is 0 Å². The molecular weight excluding hydrogens is 314 g/mol. The maximum absolute atomic E-state index is 12.9. The van der Waals surface area contributed by atoms with Gasteiger partial charge in [-0.3, -0.25) is 9.59 Å². The van der Waals surface area contributed by atoms with Crippen LogP contribution in [0.3, 0.4) is 0 Å². The molecule has 0 saturated heterocycles. The summed E-state index contributed by atoms with van der Waals surface area (Å²) in [6, 6.07) is 18.3. The zero-order chi connectivity index (χ0) is 17.8. The summed E-state index contributed by atoms with van der Waals surface area (Å²) in [6.45, 7) is 0.664. The molecule has 0 saturated carbocycles. The van der Waals surface area contributed by atoms with E-state index in [1.807, 2.05) is 67.5 Å². The molecule has 1 atom stereocenters. The fourth-order valence-corrected chi connectivity index (χ4v) is 2.91. The van der Waals surface area contributed by atoms with Crippen molar-refractivity contribution in [1.29, 1.82) is 0 Å². The minimum atomic E-state index is -0.285. The highest BCUT2D eigenvalue weighted by Crippen LogP contribution is 2.18. The summed E-state index contributed by atoms with van der Waals surface area (Å²) in [7, 11) is 3.93. The van der Waals surface area contributed by atoms with Gasteiger partial charge >= 0.3 is 0 Å². The third kappa shape index (κ3) is 3.95. The molecule has 0 aliphatic rings. The van der Waals surface area contributed by atoms with E-state index in [0.29, 0.717) is 17.6 Å². The fraction of sp³-hybridized carbons (Fsp3) is 0.200. The van der Waals surface area contributed by atoms with Crippen LogP contribution in [0.15, 0.2) is 65.5 Å². The Morgan fingerprint density at radius 2 is 1.76 bits per heavy atom. The summed E-state index contributed by atoms with van der Waals surface area (Å²) in [6.07, 6.45) is 0. The smallest absolute Gasteiger partial charge is 0.252 e. The van der Waals surface area contributed by atoms with Crippen LogP contribution in [0.1, 0.15) is 22.0 Å². The standard InChI is InChI=1S/C20H21N3O2/c1-23(2)13-18(14-8-4-3-5-9-14)22-20(25)16-12-19(24)21-17-11-7-6-10-15(16)17/h3-12,18H,13H2,1-2H3,(H,21,24)(H,22,25). The first-order valence-electron chi connectivity index (χ1n) is 8.17. The molecule has 1 amide bonds. The van der Waals surface area contributed by atoms with Crippen molar-refractivity contribution in [3.05, 3.63) is 82.1 Å². The lowest BCUT2D eigenvalue weighted by atomic mass is 10.0. The molecule has 3 aromatic rings. The van der Waals surface area contributed by atoms with E-state index in [0.717, 1.165) is 10.9 Å². The van der Waals surface area contributed by atoms with Crippen molar-refractivity contribution in [2.24, 2.45) is 0 Å². The van der Waals surface area contributed by atoms with Crippen molar-refractivity contribution in [2.45, 2.75) is 6.04 Å². The van der Waals surface area contributed by atoms with E-state index < -0.39 is 0 Å². The van der Waals surface area contributed by atoms with Gasteiger partial charge in [0.2, 0.25) is 5.56 Å². The quantitative estimate of drug-likeness (QED) is 0.753.